The Hall–Kier alpha value is -1.35. The van der Waals surface area contributed by atoms with E-state index in [1.54, 1.807) is 22.8 Å². The van der Waals surface area contributed by atoms with E-state index in [0.717, 1.165) is 45.4 Å². The molecule has 2 fully saturated rings. The summed E-state index contributed by atoms with van der Waals surface area (Å²) in [6.07, 6.45) is 8.05. The number of aromatic nitrogens is 2. The van der Waals surface area contributed by atoms with E-state index in [2.05, 4.69) is 16.8 Å². The van der Waals surface area contributed by atoms with Gasteiger partial charge in [-0.15, -0.1) is 12.4 Å². The third-order valence-corrected chi connectivity index (χ3v) is 7.65. The summed E-state index contributed by atoms with van der Waals surface area (Å²) >= 11 is 0. The van der Waals surface area contributed by atoms with E-state index < -0.39 is 9.84 Å². The maximum Gasteiger partial charge on any atom is 0.326 e. The molecule has 30 heavy (non-hydrogen) atoms. The summed E-state index contributed by atoms with van der Waals surface area (Å²) in [6.45, 7) is 4.79. The van der Waals surface area contributed by atoms with Crippen LogP contribution in [0.15, 0.2) is 27.9 Å². The molecule has 1 saturated heterocycles. The molecule has 1 aromatic carbocycles. The minimum Gasteiger partial charge on any atom is -0.379 e. The van der Waals surface area contributed by atoms with Crippen molar-refractivity contribution in [3.05, 3.63) is 28.7 Å². The summed E-state index contributed by atoms with van der Waals surface area (Å²) in [5.41, 5.74) is 1.23. The smallest absolute Gasteiger partial charge is 0.326 e. The van der Waals surface area contributed by atoms with Crippen molar-refractivity contribution in [2.75, 3.05) is 26.0 Å². The number of hydrogen-bond donors (Lipinski definition) is 1. The molecular formula is C21H32ClN3O4S. The Kier molecular flexibility index (Phi) is 7.32. The van der Waals surface area contributed by atoms with E-state index in [1.165, 1.54) is 19.1 Å². The SMILES string of the molecule is CCOC1CCC(N2CCC(n3c(=O)[nH]c4ccc(S(C)(=O)=O)cc43)CC2)CC1.Cl. The number of likely N-dealkylation sites (tertiary alicyclic amines) is 1. The predicted octanol–water partition coefficient (Wildman–Crippen LogP) is 3.14. The first-order chi connectivity index (χ1) is 13.9. The Morgan fingerprint density at radius 1 is 1.07 bits per heavy atom. The highest BCUT2D eigenvalue weighted by Crippen LogP contribution is 2.31. The van der Waals surface area contributed by atoms with Crippen molar-refractivity contribution in [1.82, 2.24) is 14.5 Å². The van der Waals surface area contributed by atoms with Crippen LogP contribution in [-0.2, 0) is 14.6 Å². The van der Waals surface area contributed by atoms with Crippen LogP contribution >= 0.6 is 12.4 Å². The minimum absolute atomic E-state index is 0. The van der Waals surface area contributed by atoms with Gasteiger partial charge in [-0.2, -0.15) is 0 Å². The molecule has 2 heterocycles. The van der Waals surface area contributed by atoms with Gasteiger partial charge in [-0.1, -0.05) is 0 Å². The van der Waals surface area contributed by atoms with Crippen LogP contribution in [0.25, 0.3) is 11.0 Å². The van der Waals surface area contributed by atoms with Gasteiger partial charge in [0.15, 0.2) is 9.84 Å². The highest BCUT2D eigenvalue weighted by Gasteiger charge is 2.30. The molecule has 0 unspecified atom stereocenters. The first kappa shape index (κ1) is 23.3. The zero-order valence-electron chi connectivity index (χ0n) is 17.7. The van der Waals surface area contributed by atoms with Crippen molar-refractivity contribution in [2.45, 2.75) is 68.5 Å². The largest absolute Gasteiger partial charge is 0.379 e. The lowest BCUT2D eigenvalue weighted by molar-refractivity contribution is 0.00796. The summed E-state index contributed by atoms with van der Waals surface area (Å²) in [5, 5.41) is 0. The summed E-state index contributed by atoms with van der Waals surface area (Å²) < 4.78 is 31.4. The molecule has 1 aromatic heterocycles. The predicted molar refractivity (Wildman–Crippen MR) is 120 cm³/mol. The second-order valence-electron chi connectivity index (χ2n) is 8.40. The van der Waals surface area contributed by atoms with Crippen molar-refractivity contribution >= 4 is 33.3 Å². The first-order valence-corrected chi connectivity index (χ1v) is 12.6. The van der Waals surface area contributed by atoms with E-state index in [-0.39, 0.29) is 29.0 Å². The highest BCUT2D eigenvalue weighted by molar-refractivity contribution is 7.90. The van der Waals surface area contributed by atoms with Crippen molar-refractivity contribution in [1.29, 1.82) is 0 Å². The van der Waals surface area contributed by atoms with Crippen molar-refractivity contribution in [3.63, 3.8) is 0 Å². The molecule has 1 aliphatic heterocycles. The fourth-order valence-corrected chi connectivity index (χ4v) is 5.66. The number of fused-ring (bicyclic) bond motifs is 1. The molecule has 0 spiro atoms. The maximum atomic E-state index is 12.6. The maximum absolute atomic E-state index is 12.6. The number of ether oxygens (including phenoxy) is 1. The quantitative estimate of drug-likeness (QED) is 0.745. The Balaban J connectivity index is 0.00000256. The lowest BCUT2D eigenvalue weighted by Gasteiger charge is -2.40. The fourth-order valence-electron chi connectivity index (χ4n) is 5.02. The van der Waals surface area contributed by atoms with Gasteiger partial charge in [0.25, 0.3) is 0 Å². The molecule has 4 rings (SSSR count). The third-order valence-electron chi connectivity index (χ3n) is 6.54. The van der Waals surface area contributed by atoms with Crippen LogP contribution in [0.5, 0.6) is 0 Å². The van der Waals surface area contributed by atoms with Crippen LogP contribution < -0.4 is 5.69 Å². The number of nitrogens with zero attached hydrogens (tertiary/aromatic N) is 2. The standard InChI is InChI=1S/C21H31N3O4S.ClH/c1-3-28-17-6-4-15(5-7-17)23-12-10-16(11-13-23)24-20-14-18(29(2,26)27)8-9-19(20)22-21(24)25;/h8-9,14-17H,3-7,10-13H2,1-2H3,(H,22,25);1H. The van der Waals surface area contributed by atoms with Gasteiger partial charge in [0, 0.05) is 38.0 Å². The number of imidazole rings is 1. The molecule has 2 aliphatic rings. The Morgan fingerprint density at radius 3 is 2.33 bits per heavy atom. The number of sulfone groups is 1. The van der Waals surface area contributed by atoms with E-state index in [4.69, 9.17) is 4.74 Å². The van der Waals surface area contributed by atoms with Crippen LogP contribution in [0.1, 0.15) is 51.5 Å². The number of nitrogens with one attached hydrogen (secondary N) is 1. The van der Waals surface area contributed by atoms with Crippen molar-refractivity contribution in [3.8, 4) is 0 Å². The second-order valence-corrected chi connectivity index (χ2v) is 10.4. The molecule has 1 saturated carbocycles. The van der Waals surface area contributed by atoms with Crippen molar-refractivity contribution < 1.29 is 13.2 Å². The molecule has 0 amide bonds. The van der Waals surface area contributed by atoms with E-state index >= 15 is 0 Å². The number of piperidine rings is 1. The molecule has 0 atom stereocenters. The van der Waals surface area contributed by atoms with Crippen LogP contribution in [0, 0.1) is 0 Å². The number of rotatable bonds is 5. The van der Waals surface area contributed by atoms with E-state index in [0.29, 0.717) is 23.2 Å². The number of hydrogen-bond acceptors (Lipinski definition) is 5. The molecule has 1 aliphatic carbocycles. The van der Waals surface area contributed by atoms with Gasteiger partial charge in [-0.25, -0.2) is 13.2 Å². The van der Waals surface area contributed by atoms with Crippen LogP contribution in [0.4, 0.5) is 0 Å². The Labute approximate surface area is 184 Å². The van der Waals surface area contributed by atoms with Crippen LogP contribution in [0.3, 0.4) is 0 Å². The summed E-state index contributed by atoms with van der Waals surface area (Å²) in [7, 11) is -3.31. The highest BCUT2D eigenvalue weighted by atomic mass is 35.5. The van der Waals surface area contributed by atoms with Gasteiger partial charge in [0.1, 0.15) is 0 Å². The van der Waals surface area contributed by atoms with E-state index in [9.17, 15) is 13.2 Å². The number of halogens is 1. The first-order valence-electron chi connectivity index (χ1n) is 10.7. The summed E-state index contributed by atoms with van der Waals surface area (Å²) in [5.74, 6) is 0. The molecule has 168 valence electrons. The molecule has 7 nitrogen and oxygen atoms in total. The van der Waals surface area contributed by atoms with Crippen molar-refractivity contribution in [2.24, 2.45) is 0 Å². The summed E-state index contributed by atoms with van der Waals surface area (Å²) in [4.78, 5) is 18.3. The Bertz CT molecular complexity index is 1020. The van der Waals surface area contributed by atoms with Crippen LogP contribution in [0.2, 0.25) is 0 Å². The lowest BCUT2D eigenvalue weighted by atomic mass is 9.90. The minimum atomic E-state index is -3.31. The van der Waals surface area contributed by atoms with Gasteiger partial charge in [-0.3, -0.25) is 4.57 Å². The fraction of sp³-hybridized carbons (Fsp3) is 0.667. The zero-order chi connectivity index (χ0) is 20.6. The number of H-pyrrole nitrogens is 1. The molecule has 9 heteroatoms. The average molecular weight is 458 g/mol. The molecule has 0 bridgehead atoms. The Morgan fingerprint density at radius 2 is 1.73 bits per heavy atom. The topological polar surface area (TPSA) is 84.4 Å². The van der Waals surface area contributed by atoms with Gasteiger partial charge >= 0.3 is 5.69 Å². The van der Waals surface area contributed by atoms with E-state index in [1.807, 2.05) is 0 Å². The monoisotopic (exact) mass is 457 g/mol. The number of aromatic amines is 1. The van der Waals surface area contributed by atoms with Gasteiger partial charge in [0.05, 0.1) is 22.0 Å². The molecule has 1 N–H and O–H groups in total. The third kappa shape index (κ3) is 4.77. The second kappa shape index (κ2) is 9.42. The lowest BCUT2D eigenvalue weighted by Crippen LogP contribution is -2.45. The van der Waals surface area contributed by atoms with Gasteiger partial charge in [0.2, 0.25) is 0 Å². The van der Waals surface area contributed by atoms with Gasteiger partial charge < -0.3 is 14.6 Å². The molecule has 2 aromatic rings. The zero-order valence-corrected chi connectivity index (χ0v) is 19.3. The average Bonchev–Trinajstić information content (AvgIpc) is 3.03. The number of benzene rings is 1. The van der Waals surface area contributed by atoms with Gasteiger partial charge in [-0.05, 0) is 63.6 Å². The van der Waals surface area contributed by atoms with Crippen LogP contribution in [-0.4, -0.2) is 61.0 Å². The molecule has 0 radical (unpaired) electrons. The normalized spacial score (nSPS) is 24.1. The molecular weight excluding hydrogens is 426 g/mol. The summed E-state index contributed by atoms with van der Waals surface area (Å²) in [6, 6.07) is 5.59.